The van der Waals surface area contributed by atoms with E-state index >= 15 is 0 Å². The van der Waals surface area contributed by atoms with Crippen molar-refractivity contribution < 1.29 is 13.2 Å². The van der Waals surface area contributed by atoms with Crippen LogP contribution in [0.25, 0.3) is 0 Å². The molecule has 2 aromatic heterocycles. The van der Waals surface area contributed by atoms with Gasteiger partial charge in [-0.2, -0.15) is 4.31 Å². The zero-order chi connectivity index (χ0) is 22.6. The summed E-state index contributed by atoms with van der Waals surface area (Å²) in [6.45, 7) is 3.16. The lowest BCUT2D eigenvalue weighted by Gasteiger charge is -2.15. The van der Waals surface area contributed by atoms with Crippen LogP contribution < -0.4 is 5.32 Å². The molecule has 3 heterocycles. The molecule has 3 aromatic rings. The SMILES string of the molecule is Cc1ccc(NC(=O)Cc2nc(CSc3ccc(S(=O)(=O)N4CCCC4)cn3)cs2)cc1. The molecule has 10 heteroatoms. The third-order valence-electron chi connectivity index (χ3n) is 5.03. The minimum atomic E-state index is -3.44. The van der Waals surface area contributed by atoms with E-state index in [0.29, 0.717) is 18.8 Å². The van der Waals surface area contributed by atoms with Crippen LogP contribution >= 0.6 is 23.1 Å². The second-order valence-electron chi connectivity index (χ2n) is 7.56. The average molecular weight is 489 g/mol. The largest absolute Gasteiger partial charge is 0.326 e. The molecule has 4 rings (SSSR count). The summed E-state index contributed by atoms with van der Waals surface area (Å²) in [4.78, 5) is 21.3. The van der Waals surface area contributed by atoms with E-state index in [1.165, 1.54) is 33.6 Å². The molecule has 1 N–H and O–H groups in total. The number of rotatable bonds is 8. The number of benzene rings is 1. The molecule has 1 aliphatic heterocycles. The van der Waals surface area contributed by atoms with Crippen molar-refractivity contribution in [2.75, 3.05) is 18.4 Å². The summed E-state index contributed by atoms with van der Waals surface area (Å²) in [5, 5.41) is 6.31. The van der Waals surface area contributed by atoms with Crippen molar-refractivity contribution in [1.82, 2.24) is 14.3 Å². The van der Waals surface area contributed by atoms with E-state index < -0.39 is 10.0 Å². The van der Waals surface area contributed by atoms with Crippen molar-refractivity contribution in [3.8, 4) is 0 Å². The number of aromatic nitrogens is 2. The summed E-state index contributed by atoms with van der Waals surface area (Å²) >= 11 is 2.94. The van der Waals surface area contributed by atoms with Crippen LogP contribution in [0.15, 0.2) is 57.9 Å². The first-order valence-corrected chi connectivity index (χ1v) is 13.6. The number of amides is 1. The molecule has 0 saturated carbocycles. The van der Waals surface area contributed by atoms with Gasteiger partial charge in [0.15, 0.2) is 0 Å². The maximum Gasteiger partial charge on any atom is 0.244 e. The van der Waals surface area contributed by atoms with Gasteiger partial charge in [0.1, 0.15) is 9.90 Å². The van der Waals surface area contributed by atoms with Crippen molar-refractivity contribution in [3.05, 3.63) is 64.2 Å². The van der Waals surface area contributed by atoms with Crippen LogP contribution in [0.1, 0.15) is 29.1 Å². The van der Waals surface area contributed by atoms with Crippen LogP contribution in [-0.4, -0.2) is 41.7 Å². The van der Waals surface area contributed by atoms with Gasteiger partial charge in [0.25, 0.3) is 0 Å². The molecule has 0 aliphatic carbocycles. The van der Waals surface area contributed by atoms with Crippen molar-refractivity contribution in [2.24, 2.45) is 0 Å². The number of nitrogens with zero attached hydrogens (tertiary/aromatic N) is 3. The van der Waals surface area contributed by atoms with E-state index in [1.807, 2.05) is 36.6 Å². The molecular formula is C22H24N4O3S3. The quantitative estimate of drug-likeness (QED) is 0.480. The molecule has 0 bridgehead atoms. The molecule has 168 valence electrons. The number of anilines is 1. The Morgan fingerprint density at radius 3 is 2.59 bits per heavy atom. The number of thiazole rings is 1. The van der Waals surface area contributed by atoms with Crippen LogP contribution in [0, 0.1) is 6.92 Å². The van der Waals surface area contributed by atoms with Crippen LogP contribution in [0.2, 0.25) is 0 Å². The van der Waals surface area contributed by atoms with Crippen molar-refractivity contribution in [3.63, 3.8) is 0 Å². The first-order chi connectivity index (χ1) is 15.4. The minimum absolute atomic E-state index is 0.0983. The predicted octanol–water partition coefficient (Wildman–Crippen LogP) is 4.10. The summed E-state index contributed by atoms with van der Waals surface area (Å²) in [5.74, 6) is 0.500. The van der Waals surface area contributed by atoms with Crippen molar-refractivity contribution >= 4 is 44.7 Å². The fourth-order valence-corrected chi connectivity index (χ4v) is 6.40. The van der Waals surface area contributed by atoms with Gasteiger partial charge in [-0.1, -0.05) is 17.7 Å². The number of hydrogen-bond acceptors (Lipinski definition) is 7. The van der Waals surface area contributed by atoms with Gasteiger partial charge in [0, 0.05) is 36.1 Å². The maximum atomic E-state index is 12.6. The lowest BCUT2D eigenvalue weighted by molar-refractivity contribution is -0.115. The third-order valence-corrected chi connectivity index (χ3v) is 8.78. The molecule has 0 spiro atoms. The Labute approximate surface area is 196 Å². The number of nitrogens with one attached hydrogen (secondary N) is 1. The van der Waals surface area contributed by atoms with Gasteiger partial charge in [-0.3, -0.25) is 4.79 Å². The van der Waals surface area contributed by atoms with Gasteiger partial charge in [-0.25, -0.2) is 18.4 Å². The highest BCUT2D eigenvalue weighted by molar-refractivity contribution is 7.98. The van der Waals surface area contributed by atoms with E-state index in [0.717, 1.165) is 39.8 Å². The molecular weight excluding hydrogens is 464 g/mol. The molecule has 1 amide bonds. The number of hydrogen-bond donors (Lipinski definition) is 1. The van der Waals surface area contributed by atoms with Crippen molar-refractivity contribution in [2.45, 2.75) is 41.9 Å². The molecule has 0 atom stereocenters. The highest BCUT2D eigenvalue weighted by Crippen LogP contribution is 2.25. The Morgan fingerprint density at radius 2 is 1.91 bits per heavy atom. The van der Waals surface area contributed by atoms with Gasteiger partial charge in [0.2, 0.25) is 15.9 Å². The van der Waals surface area contributed by atoms with Crippen LogP contribution in [-0.2, 0) is 27.0 Å². The van der Waals surface area contributed by atoms with Crippen LogP contribution in [0.4, 0.5) is 5.69 Å². The number of carbonyl (C=O) groups excluding carboxylic acids is 1. The smallest absolute Gasteiger partial charge is 0.244 e. The summed E-state index contributed by atoms with van der Waals surface area (Å²) in [7, 11) is -3.44. The zero-order valence-corrected chi connectivity index (χ0v) is 20.1. The number of sulfonamides is 1. The Bertz CT molecular complexity index is 1170. The monoisotopic (exact) mass is 488 g/mol. The van der Waals surface area contributed by atoms with E-state index in [4.69, 9.17) is 0 Å². The molecule has 1 fully saturated rings. The van der Waals surface area contributed by atoms with Crippen LogP contribution in [0.3, 0.4) is 0 Å². The zero-order valence-electron chi connectivity index (χ0n) is 17.7. The number of pyridine rings is 1. The maximum absolute atomic E-state index is 12.6. The van der Waals surface area contributed by atoms with Gasteiger partial charge in [-0.15, -0.1) is 23.1 Å². The van der Waals surface area contributed by atoms with E-state index in [-0.39, 0.29) is 17.2 Å². The molecule has 1 saturated heterocycles. The lowest BCUT2D eigenvalue weighted by atomic mass is 10.2. The summed E-state index contributed by atoms with van der Waals surface area (Å²) in [6.07, 6.45) is 3.47. The first-order valence-electron chi connectivity index (χ1n) is 10.3. The predicted molar refractivity (Wildman–Crippen MR) is 127 cm³/mol. The molecule has 1 aliphatic rings. The van der Waals surface area contributed by atoms with Crippen LogP contribution in [0.5, 0.6) is 0 Å². The highest BCUT2D eigenvalue weighted by Gasteiger charge is 2.27. The fraction of sp³-hybridized carbons (Fsp3) is 0.318. The Hall–Kier alpha value is -2.27. The molecule has 1 aromatic carbocycles. The second-order valence-corrected chi connectivity index (χ2v) is 11.4. The van der Waals surface area contributed by atoms with Gasteiger partial charge in [-0.05, 0) is 44.0 Å². The first kappa shape index (κ1) is 22.9. The van der Waals surface area contributed by atoms with E-state index in [2.05, 4.69) is 15.3 Å². The Morgan fingerprint density at radius 1 is 1.16 bits per heavy atom. The van der Waals surface area contributed by atoms with E-state index in [9.17, 15) is 13.2 Å². The standard InChI is InChI=1S/C22H24N4O3S3/c1-16-4-6-17(7-5-16)24-20(27)12-22-25-18(15-31-22)14-30-21-9-8-19(13-23-21)32(28,29)26-10-2-3-11-26/h4-9,13,15H,2-3,10-12,14H2,1H3,(H,24,27). The molecule has 32 heavy (non-hydrogen) atoms. The lowest BCUT2D eigenvalue weighted by Crippen LogP contribution is -2.27. The summed E-state index contributed by atoms with van der Waals surface area (Å²) in [6, 6.07) is 11.0. The topological polar surface area (TPSA) is 92.3 Å². The van der Waals surface area contributed by atoms with Gasteiger partial charge in [0.05, 0.1) is 17.1 Å². The second kappa shape index (κ2) is 10.1. The number of thioether (sulfide) groups is 1. The minimum Gasteiger partial charge on any atom is -0.326 e. The fourth-order valence-electron chi connectivity index (χ4n) is 3.31. The van der Waals surface area contributed by atoms with E-state index in [1.54, 1.807) is 12.1 Å². The third kappa shape index (κ3) is 5.74. The number of aryl methyl sites for hydroxylation is 1. The summed E-state index contributed by atoms with van der Waals surface area (Å²) < 4.78 is 26.7. The average Bonchev–Trinajstić information content (AvgIpc) is 3.47. The molecule has 0 radical (unpaired) electrons. The molecule has 0 unspecified atom stereocenters. The Kier molecular flexibility index (Phi) is 7.24. The molecule has 7 nitrogen and oxygen atoms in total. The van der Waals surface area contributed by atoms with Crippen molar-refractivity contribution in [1.29, 1.82) is 0 Å². The summed E-state index contributed by atoms with van der Waals surface area (Å²) in [5.41, 5.74) is 2.78. The Balaban J connectivity index is 1.29. The normalized spacial score (nSPS) is 14.5. The highest BCUT2D eigenvalue weighted by atomic mass is 32.2. The van der Waals surface area contributed by atoms with Gasteiger partial charge < -0.3 is 5.32 Å². The number of carbonyl (C=O) groups is 1. The van der Waals surface area contributed by atoms with Gasteiger partial charge >= 0.3 is 0 Å².